The van der Waals surface area contributed by atoms with Crippen LogP contribution in [0.1, 0.15) is 31.2 Å². The van der Waals surface area contributed by atoms with Crippen molar-refractivity contribution in [3.63, 3.8) is 0 Å². The highest BCUT2D eigenvalue weighted by atomic mass is 19.1. The predicted octanol–water partition coefficient (Wildman–Crippen LogP) is 2.93. The van der Waals surface area contributed by atoms with Gasteiger partial charge in [0.25, 0.3) is 0 Å². The van der Waals surface area contributed by atoms with E-state index in [2.05, 4.69) is 15.1 Å². The van der Waals surface area contributed by atoms with Crippen LogP contribution in [0.3, 0.4) is 0 Å². The van der Waals surface area contributed by atoms with Crippen molar-refractivity contribution in [3.8, 4) is 17.0 Å². The van der Waals surface area contributed by atoms with E-state index < -0.39 is 0 Å². The monoisotopic (exact) mass is 342 g/mol. The molecule has 0 unspecified atom stereocenters. The Bertz CT molecular complexity index is 742. The normalized spacial score (nSPS) is 20.1. The first-order chi connectivity index (χ1) is 12.2. The van der Waals surface area contributed by atoms with Crippen molar-refractivity contribution < 1.29 is 9.13 Å². The summed E-state index contributed by atoms with van der Waals surface area (Å²) >= 11 is 0. The Morgan fingerprint density at radius 3 is 2.60 bits per heavy atom. The van der Waals surface area contributed by atoms with Crippen LogP contribution in [0, 0.1) is 5.82 Å². The van der Waals surface area contributed by atoms with Crippen molar-refractivity contribution in [3.05, 3.63) is 35.6 Å². The number of fused-ring (bicyclic) bond motifs is 1. The SMILES string of the molecule is NC[C@H]1Cc2cc(F)cc(-c3ccc(N4CCCCCC4)nn3)c2O1. The third-order valence-corrected chi connectivity index (χ3v) is 4.98. The molecule has 1 saturated heterocycles. The molecule has 0 spiro atoms. The van der Waals surface area contributed by atoms with E-state index in [-0.39, 0.29) is 11.9 Å². The van der Waals surface area contributed by atoms with Gasteiger partial charge >= 0.3 is 0 Å². The van der Waals surface area contributed by atoms with Gasteiger partial charge in [0, 0.05) is 37.2 Å². The highest BCUT2D eigenvalue weighted by Gasteiger charge is 2.26. The molecule has 2 aliphatic rings. The summed E-state index contributed by atoms with van der Waals surface area (Å²) in [5.74, 6) is 1.29. The topological polar surface area (TPSA) is 64.3 Å². The number of benzene rings is 1. The van der Waals surface area contributed by atoms with E-state index in [1.54, 1.807) is 0 Å². The predicted molar refractivity (Wildman–Crippen MR) is 95.3 cm³/mol. The van der Waals surface area contributed by atoms with Crippen LogP contribution >= 0.6 is 0 Å². The van der Waals surface area contributed by atoms with Crippen LogP contribution in [0.25, 0.3) is 11.3 Å². The molecular formula is C19H23FN4O. The van der Waals surface area contributed by atoms with Gasteiger partial charge in [0.05, 0.1) is 5.69 Å². The fourth-order valence-electron chi connectivity index (χ4n) is 3.65. The number of anilines is 1. The molecule has 5 nitrogen and oxygen atoms in total. The Kier molecular flexibility index (Phi) is 4.53. The van der Waals surface area contributed by atoms with Crippen LogP contribution in [0.5, 0.6) is 5.75 Å². The quantitative estimate of drug-likeness (QED) is 0.929. The molecule has 1 fully saturated rings. The summed E-state index contributed by atoms with van der Waals surface area (Å²) in [4.78, 5) is 2.28. The van der Waals surface area contributed by atoms with Gasteiger partial charge in [-0.1, -0.05) is 12.8 Å². The number of nitrogens with two attached hydrogens (primary N) is 1. The summed E-state index contributed by atoms with van der Waals surface area (Å²) in [5.41, 5.74) is 7.84. The van der Waals surface area contributed by atoms with Crippen molar-refractivity contribution in [1.29, 1.82) is 0 Å². The van der Waals surface area contributed by atoms with Crippen LogP contribution < -0.4 is 15.4 Å². The first-order valence-electron chi connectivity index (χ1n) is 9.03. The molecule has 0 saturated carbocycles. The zero-order chi connectivity index (χ0) is 17.2. The van der Waals surface area contributed by atoms with Gasteiger partial charge in [-0.3, -0.25) is 0 Å². The summed E-state index contributed by atoms with van der Waals surface area (Å²) in [6.45, 7) is 2.45. The number of aromatic nitrogens is 2. The molecule has 0 bridgehead atoms. The van der Waals surface area contributed by atoms with E-state index in [4.69, 9.17) is 10.5 Å². The van der Waals surface area contributed by atoms with Crippen LogP contribution in [0.4, 0.5) is 10.2 Å². The first-order valence-corrected chi connectivity index (χ1v) is 9.03. The molecule has 6 heteroatoms. The lowest BCUT2D eigenvalue weighted by atomic mass is 10.0. The highest BCUT2D eigenvalue weighted by molar-refractivity contribution is 5.70. The van der Waals surface area contributed by atoms with Crippen LogP contribution in [0.15, 0.2) is 24.3 Å². The van der Waals surface area contributed by atoms with Gasteiger partial charge in [0.15, 0.2) is 5.82 Å². The average molecular weight is 342 g/mol. The van der Waals surface area contributed by atoms with Crippen molar-refractivity contribution in [2.24, 2.45) is 5.73 Å². The molecule has 4 rings (SSSR count). The Morgan fingerprint density at radius 2 is 1.92 bits per heavy atom. The van der Waals surface area contributed by atoms with Gasteiger partial charge in [-0.05, 0) is 37.1 Å². The minimum atomic E-state index is -0.284. The number of hydrogen-bond donors (Lipinski definition) is 1. The summed E-state index contributed by atoms with van der Waals surface area (Å²) in [6.07, 6.45) is 5.47. The summed E-state index contributed by atoms with van der Waals surface area (Å²) in [6, 6.07) is 6.86. The number of ether oxygens (including phenoxy) is 1. The summed E-state index contributed by atoms with van der Waals surface area (Å²) in [7, 11) is 0. The maximum atomic E-state index is 14.0. The highest BCUT2D eigenvalue weighted by Crippen LogP contribution is 2.38. The average Bonchev–Trinajstić information content (AvgIpc) is 2.86. The number of rotatable bonds is 3. The molecule has 2 aliphatic heterocycles. The molecular weight excluding hydrogens is 319 g/mol. The van der Waals surface area contributed by atoms with E-state index in [0.717, 1.165) is 24.5 Å². The summed E-state index contributed by atoms with van der Waals surface area (Å²) < 4.78 is 19.9. The van der Waals surface area contributed by atoms with E-state index in [1.165, 1.54) is 37.8 Å². The van der Waals surface area contributed by atoms with Gasteiger partial charge in [-0.25, -0.2) is 4.39 Å². The standard InChI is InChI=1S/C19H23FN4O/c20-14-9-13-10-15(12-21)25-19(13)16(11-14)17-5-6-18(23-22-17)24-7-3-1-2-4-8-24/h5-6,9,11,15H,1-4,7-8,10,12,21H2/t15-/m1/s1. The fourth-order valence-corrected chi connectivity index (χ4v) is 3.65. The molecule has 132 valence electrons. The molecule has 2 N–H and O–H groups in total. The number of halogens is 1. The second-order valence-electron chi connectivity index (χ2n) is 6.80. The van der Waals surface area contributed by atoms with Gasteiger partial charge in [-0.2, -0.15) is 0 Å². The van der Waals surface area contributed by atoms with Crippen LogP contribution in [0.2, 0.25) is 0 Å². The van der Waals surface area contributed by atoms with E-state index in [0.29, 0.717) is 30.0 Å². The third kappa shape index (κ3) is 3.31. The molecule has 1 aromatic carbocycles. The maximum Gasteiger partial charge on any atom is 0.151 e. The van der Waals surface area contributed by atoms with Gasteiger partial charge in [0.1, 0.15) is 17.7 Å². The molecule has 3 heterocycles. The second-order valence-corrected chi connectivity index (χ2v) is 6.80. The molecule has 0 aliphatic carbocycles. The fraction of sp³-hybridized carbons (Fsp3) is 0.474. The number of nitrogens with zero attached hydrogens (tertiary/aromatic N) is 3. The Labute approximate surface area is 147 Å². The molecule has 0 amide bonds. The Morgan fingerprint density at radius 1 is 1.12 bits per heavy atom. The van der Waals surface area contributed by atoms with Crippen molar-refractivity contribution in [2.45, 2.75) is 38.2 Å². The molecule has 1 atom stereocenters. The Balaban J connectivity index is 1.63. The van der Waals surface area contributed by atoms with E-state index in [9.17, 15) is 4.39 Å². The van der Waals surface area contributed by atoms with Gasteiger partial charge < -0.3 is 15.4 Å². The van der Waals surface area contributed by atoms with Gasteiger partial charge in [0.2, 0.25) is 0 Å². The van der Waals surface area contributed by atoms with E-state index in [1.807, 2.05) is 12.1 Å². The van der Waals surface area contributed by atoms with Crippen LogP contribution in [-0.2, 0) is 6.42 Å². The van der Waals surface area contributed by atoms with E-state index >= 15 is 0 Å². The van der Waals surface area contributed by atoms with Gasteiger partial charge in [-0.15, -0.1) is 10.2 Å². The lowest BCUT2D eigenvalue weighted by Gasteiger charge is -2.20. The zero-order valence-electron chi connectivity index (χ0n) is 14.2. The zero-order valence-corrected chi connectivity index (χ0v) is 14.2. The smallest absolute Gasteiger partial charge is 0.151 e. The lowest BCUT2D eigenvalue weighted by molar-refractivity contribution is 0.242. The third-order valence-electron chi connectivity index (χ3n) is 4.98. The number of hydrogen-bond acceptors (Lipinski definition) is 5. The molecule has 0 radical (unpaired) electrons. The second kappa shape index (κ2) is 6.96. The molecule has 2 aromatic rings. The lowest BCUT2D eigenvalue weighted by Crippen LogP contribution is -2.25. The Hall–Kier alpha value is -2.21. The minimum Gasteiger partial charge on any atom is -0.488 e. The summed E-state index contributed by atoms with van der Waals surface area (Å²) in [5, 5.41) is 8.74. The minimum absolute atomic E-state index is 0.0973. The molecule has 1 aromatic heterocycles. The largest absolute Gasteiger partial charge is 0.488 e. The molecule has 25 heavy (non-hydrogen) atoms. The van der Waals surface area contributed by atoms with Crippen molar-refractivity contribution in [1.82, 2.24) is 10.2 Å². The van der Waals surface area contributed by atoms with Crippen molar-refractivity contribution in [2.75, 3.05) is 24.5 Å². The van der Waals surface area contributed by atoms with Crippen molar-refractivity contribution >= 4 is 5.82 Å². The maximum absolute atomic E-state index is 14.0. The first kappa shape index (κ1) is 16.3. The van der Waals surface area contributed by atoms with Crippen LogP contribution in [-0.4, -0.2) is 35.9 Å².